The second-order valence-corrected chi connectivity index (χ2v) is 3.08. The Bertz CT molecular complexity index is 284. The second-order valence-electron chi connectivity index (χ2n) is 2.17. The first-order valence-electron chi connectivity index (χ1n) is 3.22. The summed E-state index contributed by atoms with van der Waals surface area (Å²) >= 11 is 3.17. The molecule has 0 aliphatic rings. The highest BCUT2D eigenvalue weighted by Crippen LogP contribution is 2.19. The van der Waals surface area contributed by atoms with E-state index in [1.807, 2.05) is 0 Å². The van der Waals surface area contributed by atoms with Crippen LogP contribution in [0.2, 0.25) is 0 Å². The van der Waals surface area contributed by atoms with Gasteiger partial charge in [0.1, 0.15) is 12.0 Å². The zero-order valence-corrected chi connectivity index (χ0v) is 8.00. The van der Waals surface area contributed by atoms with Crippen LogP contribution in [0.5, 0.6) is 0 Å². The lowest BCUT2D eigenvalue weighted by molar-refractivity contribution is -0.142. The van der Waals surface area contributed by atoms with Crippen molar-refractivity contribution in [3.05, 3.63) is 22.6 Å². The van der Waals surface area contributed by atoms with Crippen molar-refractivity contribution in [1.29, 1.82) is 0 Å². The number of methoxy groups -OCH3 is 1. The minimum Gasteiger partial charge on any atom is -0.468 e. The molecule has 0 radical (unpaired) electrons. The SMILES string of the molecule is COC(=O)C(N)c1cc(Br)co1. The number of hydrogen-bond donors (Lipinski definition) is 1. The number of hydrogen-bond acceptors (Lipinski definition) is 4. The van der Waals surface area contributed by atoms with Gasteiger partial charge in [0, 0.05) is 0 Å². The molecular formula is C7H8BrNO3. The molecule has 0 aliphatic heterocycles. The first kappa shape index (κ1) is 9.28. The predicted molar refractivity (Wildman–Crippen MR) is 45.4 cm³/mol. The lowest BCUT2D eigenvalue weighted by Crippen LogP contribution is -2.21. The van der Waals surface area contributed by atoms with Gasteiger partial charge in [-0.25, -0.2) is 4.79 Å². The lowest BCUT2D eigenvalue weighted by Gasteiger charge is -2.04. The molecule has 1 unspecified atom stereocenters. The quantitative estimate of drug-likeness (QED) is 0.781. The lowest BCUT2D eigenvalue weighted by atomic mass is 10.2. The highest BCUT2D eigenvalue weighted by molar-refractivity contribution is 9.10. The third-order valence-electron chi connectivity index (χ3n) is 1.35. The average Bonchev–Trinajstić information content (AvgIpc) is 2.49. The molecule has 2 N–H and O–H groups in total. The van der Waals surface area contributed by atoms with Crippen LogP contribution in [0.3, 0.4) is 0 Å². The van der Waals surface area contributed by atoms with Gasteiger partial charge in [-0.15, -0.1) is 0 Å². The van der Waals surface area contributed by atoms with Crippen molar-refractivity contribution >= 4 is 21.9 Å². The van der Waals surface area contributed by atoms with E-state index in [4.69, 9.17) is 10.2 Å². The van der Waals surface area contributed by atoms with Gasteiger partial charge in [-0.3, -0.25) is 0 Å². The number of carbonyl (C=O) groups is 1. The number of carbonyl (C=O) groups excluding carboxylic acids is 1. The molecule has 0 aromatic carbocycles. The molecule has 12 heavy (non-hydrogen) atoms. The van der Waals surface area contributed by atoms with Crippen molar-refractivity contribution in [3.63, 3.8) is 0 Å². The molecule has 1 aromatic rings. The molecule has 0 spiro atoms. The van der Waals surface area contributed by atoms with E-state index in [0.29, 0.717) is 5.76 Å². The smallest absolute Gasteiger partial charge is 0.330 e. The van der Waals surface area contributed by atoms with Gasteiger partial charge in [0.25, 0.3) is 0 Å². The maximum Gasteiger partial charge on any atom is 0.330 e. The largest absolute Gasteiger partial charge is 0.468 e. The monoisotopic (exact) mass is 233 g/mol. The molecule has 1 rings (SSSR count). The maximum absolute atomic E-state index is 10.9. The van der Waals surface area contributed by atoms with Gasteiger partial charge in [-0.2, -0.15) is 0 Å². The van der Waals surface area contributed by atoms with Crippen molar-refractivity contribution in [3.8, 4) is 0 Å². The van der Waals surface area contributed by atoms with Crippen molar-refractivity contribution < 1.29 is 13.9 Å². The Morgan fingerprint density at radius 2 is 2.50 bits per heavy atom. The number of furan rings is 1. The van der Waals surface area contributed by atoms with Gasteiger partial charge in [-0.1, -0.05) is 0 Å². The zero-order chi connectivity index (χ0) is 9.14. The summed E-state index contributed by atoms with van der Waals surface area (Å²) < 4.78 is 10.2. The van der Waals surface area contributed by atoms with Crippen LogP contribution in [-0.4, -0.2) is 13.1 Å². The van der Waals surface area contributed by atoms with Crippen LogP contribution in [0.1, 0.15) is 11.8 Å². The van der Waals surface area contributed by atoms with E-state index in [1.54, 1.807) is 6.07 Å². The van der Waals surface area contributed by atoms with Crippen molar-refractivity contribution in [2.45, 2.75) is 6.04 Å². The topological polar surface area (TPSA) is 65.5 Å². The highest BCUT2D eigenvalue weighted by Gasteiger charge is 2.19. The van der Waals surface area contributed by atoms with E-state index in [0.717, 1.165) is 4.47 Å². The highest BCUT2D eigenvalue weighted by atomic mass is 79.9. The van der Waals surface area contributed by atoms with E-state index in [-0.39, 0.29) is 0 Å². The van der Waals surface area contributed by atoms with E-state index in [1.165, 1.54) is 13.4 Å². The molecule has 1 atom stereocenters. The number of halogens is 1. The fraction of sp³-hybridized carbons (Fsp3) is 0.286. The van der Waals surface area contributed by atoms with Gasteiger partial charge in [-0.05, 0) is 22.0 Å². The molecule has 0 fully saturated rings. The number of nitrogens with two attached hydrogens (primary N) is 1. The van der Waals surface area contributed by atoms with Crippen molar-refractivity contribution in [2.24, 2.45) is 5.73 Å². The Morgan fingerprint density at radius 3 is 2.92 bits per heavy atom. The minimum absolute atomic E-state index is 0.383. The fourth-order valence-electron chi connectivity index (χ4n) is 0.734. The van der Waals surface area contributed by atoms with Crippen LogP contribution < -0.4 is 5.73 Å². The minimum atomic E-state index is -0.846. The molecule has 66 valence electrons. The van der Waals surface area contributed by atoms with E-state index >= 15 is 0 Å². The Balaban J connectivity index is 2.77. The molecule has 4 nitrogen and oxygen atoms in total. The molecule has 0 bridgehead atoms. The van der Waals surface area contributed by atoms with Crippen LogP contribution in [0, 0.1) is 0 Å². The Hall–Kier alpha value is -0.810. The van der Waals surface area contributed by atoms with Crippen LogP contribution in [-0.2, 0) is 9.53 Å². The van der Waals surface area contributed by atoms with Gasteiger partial charge in [0.05, 0.1) is 11.6 Å². The van der Waals surface area contributed by atoms with Crippen LogP contribution >= 0.6 is 15.9 Å². The molecule has 0 aliphatic carbocycles. The van der Waals surface area contributed by atoms with Gasteiger partial charge < -0.3 is 14.9 Å². The Kier molecular flexibility index (Phi) is 2.88. The maximum atomic E-state index is 10.9. The molecule has 0 saturated heterocycles. The zero-order valence-electron chi connectivity index (χ0n) is 6.41. The van der Waals surface area contributed by atoms with E-state index in [2.05, 4.69) is 20.7 Å². The summed E-state index contributed by atoms with van der Waals surface area (Å²) in [6.07, 6.45) is 1.46. The third-order valence-corrected chi connectivity index (χ3v) is 1.77. The standard InChI is InChI=1S/C7H8BrNO3/c1-11-7(10)6(9)5-2-4(8)3-12-5/h2-3,6H,9H2,1H3. The Labute approximate surface area is 77.8 Å². The summed E-state index contributed by atoms with van der Waals surface area (Å²) in [5.74, 6) is -0.134. The molecule has 0 amide bonds. The summed E-state index contributed by atoms with van der Waals surface area (Å²) in [6.45, 7) is 0. The average molecular weight is 234 g/mol. The van der Waals surface area contributed by atoms with Crippen molar-refractivity contribution in [2.75, 3.05) is 7.11 Å². The Morgan fingerprint density at radius 1 is 1.83 bits per heavy atom. The number of rotatable bonds is 2. The normalized spacial score (nSPS) is 12.6. The predicted octanol–water partition coefficient (Wildman–Crippen LogP) is 1.21. The number of ether oxygens (including phenoxy) is 1. The number of esters is 1. The summed E-state index contributed by atoms with van der Waals surface area (Å²) in [4.78, 5) is 10.9. The molecule has 1 heterocycles. The first-order valence-corrected chi connectivity index (χ1v) is 4.02. The van der Waals surface area contributed by atoms with Gasteiger partial charge >= 0.3 is 5.97 Å². The fourth-order valence-corrected chi connectivity index (χ4v) is 1.05. The summed E-state index contributed by atoms with van der Waals surface area (Å²) in [5, 5.41) is 0. The molecular weight excluding hydrogens is 226 g/mol. The van der Waals surface area contributed by atoms with Gasteiger partial charge in [0.2, 0.25) is 0 Å². The second kappa shape index (κ2) is 3.73. The van der Waals surface area contributed by atoms with Crippen LogP contribution in [0.15, 0.2) is 21.2 Å². The third kappa shape index (κ3) is 1.86. The molecule has 1 aromatic heterocycles. The van der Waals surface area contributed by atoms with E-state index in [9.17, 15) is 4.79 Å². The summed E-state index contributed by atoms with van der Waals surface area (Å²) in [5.41, 5.74) is 5.47. The van der Waals surface area contributed by atoms with Crippen LogP contribution in [0.4, 0.5) is 0 Å². The van der Waals surface area contributed by atoms with Crippen molar-refractivity contribution in [1.82, 2.24) is 0 Å². The summed E-state index contributed by atoms with van der Waals surface area (Å²) in [6, 6.07) is 0.781. The van der Waals surface area contributed by atoms with Gasteiger partial charge in [0.15, 0.2) is 6.04 Å². The van der Waals surface area contributed by atoms with E-state index < -0.39 is 12.0 Å². The van der Waals surface area contributed by atoms with Crippen LogP contribution in [0.25, 0.3) is 0 Å². The first-order chi connectivity index (χ1) is 5.65. The molecule has 0 saturated carbocycles. The molecule has 5 heteroatoms. The summed E-state index contributed by atoms with van der Waals surface area (Å²) in [7, 11) is 1.28.